The summed E-state index contributed by atoms with van der Waals surface area (Å²) >= 11 is 1.66. The van der Waals surface area contributed by atoms with Crippen LogP contribution in [0, 0.1) is 6.92 Å². The van der Waals surface area contributed by atoms with Gasteiger partial charge in [0.25, 0.3) is 0 Å². The van der Waals surface area contributed by atoms with Crippen molar-refractivity contribution >= 4 is 23.6 Å². The van der Waals surface area contributed by atoms with Crippen LogP contribution in [0.4, 0.5) is 0 Å². The van der Waals surface area contributed by atoms with Crippen molar-refractivity contribution in [3.8, 4) is 0 Å². The van der Waals surface area contributed by atoms with Gasteiger partial charge in [-0.15, -0.1) is 11.8 Å². The molecule has 29 heavy (non-hydrogen) atoms. The number of rotatable bonds is 8. The van der Waals surface area contributed by atoms with E-state index in [0.717, 1.165) is 16.0 Å². The summed E-state index contributed by atoms with van der Waals surface area (Å²) in [5.74, 6) is 0.543. The van der Waals surface area contributed by atoms with E-state index in [-0.39, 0.29) is 17.4 Å². The third-order valence-corrected chi connectivity index (χ3v) is 5.44. The first kappa shape index (κ1) is 23.0. The van der Waals surface area contributed by atoms with Crippen LogP contribution in [-0.2, 0) is 16.1 Å². The van der Waals surface area contributed by atoms with Crippen molar-refractivity contribution in [2.45, 2.75) is 64.1 Å². The van der Waals surface area contributed by atoms with Crippen molar-refractivity contribution in [1.82, 2.24) is 10.2 Å². The molecule has 1 atom stereocenters. The van der Waals surface area contributed by atoms with Crippen LogP contribution in [0.15, 0.2) is 59.5 Å². The molecule has 0 aromatic heterocycles. The van der Waals surface area contributed by atoms with Gasteiger partial charge in [0.1, 0.15) is 6.04 Å². The number of benzene rings is 2. The maximum atomic E-state index is 13.1. The van der Waals surface area contributed by atoms with Crippen molar-refractivity contribution in [2.24, 2.45) is 0 Å². The Hall–Kier alpha value is -2.27. The van der Waals surface area contributed by atoms with Gasteiger partial charge in [-0.3, -0.25) is 9.59 Å². The maximum Gasteiger partial charge on any atom is 0.242 e. The van der Waals surface area contributed by atoms with E-state index in [2.05, 4.69) is 11.4 Å². The fraction of sp³-hybridized carbons (Fsp3) is 0.417. The molecule has 0 spiro atoms. The van der Waals surface area contributed by atoms with Crippen LogP contribution in [0.25, 0.3) is 0 Å². The summed E-state index contributed by atoms with van der Waals surface area (Å²) in [5, 5.41) is 3.00. The second kappa shape index (κ2) is 10.5. The molecular weight excluding hydrogens is 380 g/mol. The predicted octanol–water partition coefficient (Wildman–Crippen LogP) is 4.81. The van der Waals surface area contributed by atoms with Gasteiger partial charge in [0.05, 0.1) is 0 Å². The number of amides is 2. The highest BCUT2D eigenvalue weighted by Gasteiger charge is 2.28. The average Bonchev–Trinajstić information content (AvgIpc) is 2.65. The van der Waals surface area contributed by atoms with Gasteiger partial charge in [-0.1, -0.05) is 48.0 Å². The number of nitrogens with zero attached hydrogens (tertiary/aromatic N) is 1. The minimum absolute atomic E-state index is 0.00787. The molecule has 0 aliphatic carbocycles. The highest BCUT2D eigenvalue weighted by atomic mass is 32.2. The number of thioether (sulfide) groups is 1. The Balaban J connectivity index is 2.09. The van der Waals surface area contributed by atoms with E-state index >= 15 is 0 Å². The quantitative estimate of drug-likeness (QED) is 0.633. The van der Waals surface area contributed by atoms with Gasteiger partial charge in [-0.05, 0) is 52.3 Å². The average molecular weight is 413 g/mol. The summed E-state index contributed by atoms with van der Waals surface area (Å²) in [6.45, 7) is 10.1. The molecule has 156 valence electrons. The molecule has 1 N–H and O–H groups in total. The molecule has 5 heteroatoms. The van der Waals surface area contributed by atoms with Crippen LogP contribution in [0.1, 0.15) is 45.2 Å². The summed E-state index contributed by atoms with van der Waals surface area (Å²) in [4.78, 5) is 28.7. The van der Waals surface area contributed by atoms with E-state index in [4.69, 9.17) is 0 Å². The Morgan fingerprint density at radius 1 is 1.07 bits per heavy atom. The van der Waals surface area contributed by atoms with E-state index in [0.29, 0.717) is 18.7 Å². The van der Waals surface area contributed by atoms with Crippen molar-refractivity contribution in [3.05, 3.63) is 65.7 Å². The molecule has 0 fully saturated rings. The van der Waals surface area contributed by atoms with Gasteiger partial charge in [0.2, 0.25) is 11.8 Å². The molecule has 0 saturated heterocycles. The summed E-state index contributed by atoms with van der Waals surface area (Å²) in [6, 6.07) is 17.6. The summed E-state index contributed by atoms with van der Waals surface area (Å²) in [7, 11) is 0. The van der Waals surface area contributed by atoms with Gasteiger partial charge in [0.15, 0.2) is 0 Å². The summed E-state index contributed by atoms with van der Waals surface area (Å²) in [6.07, 6.45) is 0.387. The van der Waals surface area contributed by atoms with Gasteiger partial charge < -0.3 is 10.2 Å². The molecular formula is C24H32N2O2S. The molecule has 0 bridgehead atoms. The Morgan fingerprint density at radius 2 is 1.76 bits per heavy atom. The largest absolute Gasteiger partial charge is 0.350 e. The molecule has 0 radical (unpaired) electrons. The molecule has 2 aromatic carbocycles. The Kier molecular flexibility index (Phi) is 8.32. The highest BCUT2D eigenvalue weighted by molar-refractivity contribution is 7.99. The number of hydrogen-bond acceptors (Lipinski definition) is 3. The lowest BCUT2D eigenvalue weighted by atomic mass is 10.1. The summed E-state index contributed by atoms with van der Waals surface area (Å²) < 4.78 is 0. The van der Waals surface area contributed by atoms with Gasteiger partial charge >= 0.3 is 0 Å². The normalized spacial score (nSPS) is 12.3. The zero-order valence-corrected chi connectivity index (χ0v) is 18.9. The molecule has 2 aromatic rings. The fourth-order valence-electron chi connectivity index (χ4n) is 2.98. The monoisotopic (exact) mass is 412 g/mol. The number of hydrogen-bond donors (Lipinski definition) is 1. The van der Waals surface area contributed by atoms with Crippen molar-refractivity contribution in [2.75, 3.05) is 5.75 Å². The lowest BCUT2D eigenvalue weighted by Crippen LogP contribution is -2.52. The number of carbonyl (C=O) groups excluding carboxylic acids is 2. The number of carbonyl (C=O) groups is 2. The molecule has 4 nitrogen and oxygen atoms in total. The first-order valence-electron chi connectivity index (χ1n) is 10.0. The molecule has 0 unspecified atom stereocenters. The SMILES string of the molecule is Cc1cccc(CN(C(=O)CCSc2ccccc2)[C@@H](C)C(=O)NC(C)(C)C)c1. The first-order valence-corrected chi connectivity index (χ1v) is 11.0. The molecule has 2 amide bonds. The van der Waals surface area contributed by atoms with Crippen molar-refractivity contribution in [3.63, 3.8) is 0 Å². The molecule has 0 aliphatic rings. The standard InChI is InChI=1S/C24H32N2O2S/c1-18-10-9-11-20(16-18)17-26(19(2)23(28)25-24(3,4)5)22(27)14-15-29-21-12-7-6-8-13-21/h6-13,16,19H,14-15,17H2,1-5H3,(H,25,28)/t19-/m0/s1. The molecule has 0 heterocycles. The molecule has 0 aliphatic heterocycles. The van der Waals surface area contributed by atoms with Gasteiger partial charge in [0, 0.05) is 29.2 Å². The van der Waals surface area contributed by atoms with E-state index < -0.39 is 6.04 Å². The second-order valence-electron chi connectivity index (χ2n) is 8.34. The zero-order chi connectivity index (χ0) is 21.4. The Labute approximate surface area is 179 Å². The zero-order valence-electron chi connectivity index (χ0n) is 18.1. The van der Waals surface area contributed by atoms with E-state index in [9.17, 15) is 9.59 Å². The Bertz CT molecular complexity index is 815. The van der Waals surface area contributed by atoms with Crippen LogP contribution >= 0.6 is 11.8 Å². The summed E-state index contributed by atoms with van der Waals surface area (Å²) in [5.41, 5.74) is 1.83. The minimum Gasteiger partial charge on any atom is -0.350 e. The van der Waals surface area contributed by atoms with Gasteiger partial charge in [-0.25, -0.2) is 0 Å². The maximum absolute atomic E-state index is 13.1. The van der Waals surface area contributed by atoms with Crippen LogP contribution in [0.2, 0.25) is 0 Å². The molecule has 2 rings (SSSR count). The van der Waals surface area contributed by atoms with Crippen LogP contribution < -0.4 is 5.32 Å². The third kappa shape index (κ3) is 7.94. The first-order chi connectivity index (χ1) is 13.7. The van der Waals surface area contributed by atoms with E-state index in [1.165, 1.54) is 0 Å². The van der Waals surface area contributed by atoms with Gasteiger partial charge in [-0.2, -0.15) is 0 Å². The van der Waals surface area contributed by atoms with Crippen LogP contribution in [0.5, 0.6) is 0 Å². The smallest absolute Gasteiger partial charge is 0.242 e. The van der Waals surface area contributed by atoms with Crippen LogP contribution in [0.3, 0.4) is 0 Å². The molecule has 0 saturated carbocycles. The lowest BCUT2D eigenvalue weighted by molar-refractivity contribution is -0.140. The Morgan fingerprint density at radius 3 is 2.38 bits per heavy atom. The van der Waals surface area contributed by atoms with Crippen molar-refractivity contribution in [1.29, 1.82) is 0 Å². The lowest BCUT2D eigenvalue weighted by Gasteiger charge is -2.31. The topological polar surface area (TPSA) is 49.4 Å². The van der Waals surface area contributed by atoms with Crippen molar-refractivity contribution < 1.29 is 9.59 Å². The van der Waals surface area contributed by atoms with E-state index in [1.54, 1.807) is 23.6 Å². The van der Waals surface area contributed by atoms with Crippen LogP contribution in [-0.4, -0.2) is 34.0 Å². The fourth-order valence-corrected chi connectivity index (χ4v) is 3.84. The number of aryl methyl sites for hydroxylation is 1. The minimum atomic E-state index is -0.538. The predicted molar refractivity (Wildman–Crippen MR) is 121 cm³/mol. The number of nitrogens with one attached hydrogen (secondary N) is 1. The van der Waals surface area contributed by atoms with E-state index in [1.807, 2.05) is 76.2 Å². The highest BCUT2D eigenvalue weighted by Crippen LogP contribution is 2.20. The second-order valence-corrected chi connectivity index (χ2v) is 9.51. The third-order valence-electron chi connectivity index (χ3n) is 4.43.